The van der Waals surface area contributed by atoms with Gasteiger partial charge in [-0.1, -0.05) is 0 Å². The molecule has 1 aromatic carbocycles. The van der Waals surface area contributed by atoms with Crippen LogP contribution in [-0.4, -0.2) is 31.1 Å². The van der Waals surface area contributed by atoms with E-state index in [0.717, 1.165) is 32.2 Å². The lowest BCUT2D eigenvalue weighted by Gasteiger charge is -2.34. The Morgan fingerprint density at radius 2 is 1.76 bits per heavy atom. The topological polar surface area (TPSA) is 28.4 Å². The molecule has 1 atom stereocenters. The molecule has 1 saturated heterocycles. The first kappa shape index (κ1) is 15.9. The van der Waals surface area contributed by atoms with Gasteiger partial charge in [0.05, 0.1) is 12.3 Å². The highest BCUT2D eigenvalue weighted by Gasteiger charge is 2.26. The normalized spacial score (nSPS) is 17.2. The Labute approximate surface area is 128 Å². The number of hydrogen-bond donors (Lipinski definition) is 1. The molecule has 1 fully saturated rings. The maximum absolute atomic E-state index is 13.5. The fourth-order valence-corrected chi connectivity index (χ4v) is 2.68. The van der Waals surface area contributed by atoms with Crippen molar-refractivity contribution in [2.24, 2.45) is 0 Å². The number of nitrogens with one attached hydrogen (secondary N) is 1. The van der Waals surface area contributed by atoms with Crippen molar-refractivity contribution in [2.45, 2.75) is 6.04 Å². The van der Waals surface area contributed by atoms with Crippen LogP contribution in [0.25, 0.3) is 0 Å². The third-order valence-electron chi connectivity index (χ3n) is 3.53. The molecule has 0 bridgehead atoms. The van der Waals surface area contributed by atoms with Crippen LogP contribution in [0, 0.1) is 11.6 Å². The van der Waals surface area contributed by atoms with E-state index in [1.54, 1.807) is 12.3 Å². The molecule has 0 spiro atoms. The van der Waals surface area contributed by atoms with Gasteiger partial charge in [-0.15, -0.1) is 12.4 Å². The fourth-order valence-electron chi connectivity index (χ4n) is 2.68. The predicted molar refractivity (Wildman–Crippen MR) is 78.6 cm³/mol. The molecule has 1 aliphatic heterocycles. The summed E-state index contributed by atoms with van der Waals surface area (Å²) >= 11 is 0. The minimum atomic E-state index is -0.563. The van der Waals surface area contributed by atoms with E-state index in [1.807, 2.05) is 6.07 Å². The zero-order valence-corrected chi connectivity index (χ0v) is 12.2. The number of rotatable bonds is 3. The van der Waals surface area contributed by atoms with Gasteiger partial charge in [0.15, 0.2) is 0 Å². The molecule has 2 aromatic rings. The third-order valence-corrected chi connectivity index (χ3v) is 3.53. The summed E-state index contributed by atoms with van der Waals surface area (Å²) < 4.78 is 32.5. The van der Waals surface area contributed by atoms with E-state index < -0.39 is 11.6 Å². The van der Waals surface area contributed by atoms with Gasteiger partial charge in [-0.3, -0.25) is 4.90 Å². The highest BCUT2D eigenvalue weighted by Crippen LogP contribution is 2.30. The first-order valence-electron chi connectivity index (χ1n) is 6.68. The van der Waals surface area contributed by atoms with Gasteiger partial charge in [-0.2, -0.15) is 0 Å². The number of halogens is 3. The standard InChI is InChI=1S/C15H16F2N2O.ClH/c16-12-8-11(9-13(17)10-12)15(14-2-1-7-20-14)19-5-3-18-4-6-19;/h1-2,7-10,15,18H,3-6H2;1H/t15-;/m1./s1. The lowest BCUT2D eigenvalue weighted by Crippen LogP contribution is -2.45. The van der Waals surface area contributed by atoms with E-state index in [0.29, 0.717) is 11.3 Å². The van der Waals surface area contributed by atoms with E-state index in [4.69, 9.17) is 4.42 Å². The molecule has 0 saturated carbocycles. The Balaban J connectivity index is 0.00000161. The van der Waals surface area contributed by atoms with Gasteiger partial charge >= 0.3 is 0 Å². The molecule has 21 heavy (non-hydrogen) atoms. The van der Waals surface area contributed by atoms with E-state index in [1.165, 1.54) is 12.1 Å². The van der Waals surface area contributed by atoms with Gasteiger partial charge in [0.1, 0.15) is 17.4 Å². The molecule has 0 aliphatic carbocycles. The van der Waals surface area contributed by atoms with Crippen LogP contribution in [0.4, 0.5) is 8.78 Å². The Morgan fingerprint density at radius 1 is 1.10 bits per heavy atom. The van der Waals surface area contributed by atoms with Gasteiger partial charge in [-0.25, -0.2) is 8.78 Å². The van der Waals surface area contributed by atoms with Crippen LogP contribution < -0.4 is 5.32 Å². The van der Waals surface area contributed by atoms with Crippen molar-refractivity contribution in [3.63, 3.8) is 0 Å². The second-order valence-corrected chi connectivity index (χ2v) is 4.91. The van der Waals surface area contributed by atoms with Crippen molar-refractivity contribution in [2.75, 3.05) is 26.2 Å². The van der Waals surface area contributed by atoms with E-state index in [-0.39, 0.29) is 18.4 Å². The summed E-state index contributed by atoms with van der Waals surface area (Å²) in [5.74, 6) is -0.421. The number of hydrogen-bond acceptors (Lipinski definition) is 3. The summed E-state index contributed by atoms with van der Waals surface area (Å²) in [5.41, 5.74) is 0.583. The molecule has 3 rings (SSSR count). The molecule has 1 N–H and O–H groups in total. The molecule has 114 valence electrons. The first-order valence-corrected chi connectivity index (χ1v) is 6.68. The Bertz CT molecular complexity index is 551. The van der Waals surface area contributed by atoms with Crippen LogP contribution in [0.5, 0.6) is 0 Å². The lowest BCUT2D eigenvalue weighted by atomic mass is 10.0. The minimum absolute atomic E-state index is 0. The summed E-state index contributed by atoms with van der Waals surface area (Å²) in [5, 5.41) is 3.27. The lowest BCUT2D eigenvalue weighted by molar-refractivity contribution is 0.179. The molecule has 1 aliphatic rings. The van der Waals surface area contributed by atoms with E-state index >= 15 is 0 Å². The Hall–Kier alpha value is -1.43. The van der Waals surface area contributed by atoms with Crippen molar-refractivity contribution in [1.29, 1.82) is 0 Å². The van der Waals surface area contributed by atoms with Crippen LogP contribution in [0.2, 0.25) is 0 Å². The van der Waals surface area contributed by atoms with Gasteiger partial charge in [-0.05, 0) is 29.8 Å². The predicted octanol–water partition coefficient (Wildman–Crippen LogP) is 2.97. The summed E-state index contributed by atoms with van der Waals surface area (Å²) in [6.45, 7) is 3.33. The highest BCUT2D eigenvalue weighted by molar-refractivity contribution is 5.85. The molecule has 0 amide bonds. The molecule has 0 radical (unpaired) electrons. The average Bonchev–Trinajstić information content (AvgIpc) is 2.93. The fraction of sp³-hybridized carbons (Fsp3) is 0.333. The maximum atomic E-state index is 13.5. The summed E-state index contributed by atoms with van der Waals surface area (Å²) in [4.78, 5) is 2.17. The van der Waals surface area contributed by atoms with Gasteiger partial charge in [0.2, 0.25) is 0 Å². The maximum Gasteiger partial charge on any atom is 0.126 e. The molecule has 3 nitrogen and oxygen atoms in total. The average molecular weight is 315 g/mol. The molecule has 1 aromatic heterocycles. The smallest absolute Gasteiger partial charge is 0.126 e. The third kappa shape index (κ3) is 3.61. The van der Waals surface area contributed by atoms with Crippen LogP contribution in [0.1, 0.15) is 17.4 Å². The van der Waals surface area contributed by atoms with Crippen LogP contribution in [-0.2, 0) is 0 Å². The first-order chi connectivity index (χ1) is 9.74. The number of furan rings is 1. The molecule has 0 unspecified atom stereocenters. The Kier molecular flexibility index (Phi) is 5.33. The van der Waals surface area contributed by atoms with Crippen molar-refractivity contribution in [1.82, 2.24) is 10.2 Å². The minimum Gasteiger partial charge on any atom is -0.467 e. The summed E-state index contributed by atoms with van der Waals surface area (Å²) in [7, 11) is 0. The summed E-state index contributed by atoms with van der Waals surface area (Å²) in [6, 6.07) is 7.02. The van der Waals surface area contributed by atoms with Crippen molar-refractivity contribution in [3.8, 4) is 0 Å². The second-order valence-electron chi connectivity index (χ2n) is 4.91. The number of piperazine rings is 1. The SMILES string of the molecule is Cl.Fc1cc(F)cc([C@H](c2ccco2)N2CCNCC2)c1. The molecule has 6 heteroatoms. The monoisotopic (exact) mass is 314 g/mol. The van der Waals surface area contributed by atoms with Crippen molar-refractivity contribution >= 4 is 12.4 Å². The van der Waals surface area contributed by atoms with Crippen molar-refractivity contribution in [3.05, 3.63) is 59.6 Å². The zero-order valence-electron chi connectivity index (χ0n) is 11.4. The van der Waals surface area contributed by atoms with E-state index in [2.05, 4.69) is 10.2 Å². The van der Waals surface area contributed by atoms with Crippen LogP contribution in [0.3, 0.4) is 0 Å². The number of nitrogens with zero attached hydrogens (tertiary/aromatic N) is 1. The Morgan fingerprint density at radius 3 is 2.33 bits per heavy atom. The van der Waals surface area contributed by atoms with Crippen LogP contribution in [0.15, 0.2) is 41.0 Å². The van der Waals surface area contributed by atoms with Gasteiger partial charge in [0.25, 0.3) is 0 Å². The van der Waals surface area contributed by atoms with Gasteiger partial charge in [0, 0.05) is 32.2 Å². The largest absolute Gasteiger partial charge is 0.467 e. The zero-order chi connectivity index (χ0) is 13.9. The number of benzene rings is 1. The molecule has 2 heterocycles. The summed E-state index contributed by atoms with van der Waals surface area (Å²) in [6.07, 6.45) is 1.58. The molecular weight excluding hydrogens is 298 g/mol. The second kappa shape index (κ2) is 7.02. The van der Waals surface area contributed by atoms with Crippen LogP contribution >= 0.6 is 12.4 Å². The van der Waals surface area contributed by atoms with Gasteiger partial charge < -0.3 is 9.73 Å². The quantitative estimate of drug-likeness (QED) is 0.944. The molecular formula is C15H17ClF2N2O. The van der Waals surface area contributed by atoms with E-state index in [9.17, 15) is 8.78 Å². The van der Waals surface area contributed by atoms with Crippen molar-refractivity contribution < 1.29 is 13.2 Å². The highest BCUT2D eigenvalue weighted by atomic mass is 35.5.